The highest BCUT2D eigenvalue weighted by Crippen LogP contribution is 2.27. The van der Waals surface area contributed by atoms with Crippen molar-refractivity contribution in [2.75, 3.05) is 18.5 Å². The van der Waals surface area contributed by atoms with E-state index in [0.717, 1.165) is 11.3 Å². The van der Waals surface area contributed by atoms with Crippen molar-refractivity contribution in [3.63, 3.8) is 0 Å². The molecular formula is C19H19FN2O3. The number of carbonyl (C=O) groups is 2. The van der Waals surface area contributed by atoms with Gasteiger partial charge in [0.1, 0.15) is 24.1 Å². The topological polar surface area (TPSA) is 58.6 Å². The molecule has 1 unspecified atom stereocenters. The molecule has 25 heavy (non-hydrogen) atoms. The number of benzene rings is 2. The number of ether oxygens (including phenoxy) is 1. The summed E-state index contributed by atoms with van der Waals surface area (Å²) in [6.45, 7) is 0.855. The lowest BCUT2D eigenvalue weighted by atomic mass is 10.1. The third-order valence-corrected chi connectivity index (χ3v) is 4.24. The van der Waals surface area contributed by atoms with E-state index in [1.807, 2.05) is 0 Å². The predicted molar refractivity (Wildman–Crippen MR) is 91.7 cm³/mol. The molecule has 1 heterocycles. The second-order valence-electron chi connectivity index (χ2n) is 5.85. The van der Waals surface area contributed by atoms with E-state index in [2.05, 4.69) is 5.32 Å². The summed E-state index contributed by atoms with van der Waals surface area (Å²) >= 11 is 0. The molecule has 1 saturated heterocycles. The highest BCUT2D eigenvalue weighted by Gasteiger charge is 2.36. The summed E-state index contributed by atoms with van der Waals surface area (Å²) in [5.41, 5.74) is 1.61. The van der Waals surface area contributed by atoms with E-state index in [-0.39, 0.29) is 17.6 Å². The Kier molecular flexibility index (Phi) is 4.97. The highest BCUT2D eigenvalue weighted by atomic mass is 19.1. The highest BCUT2D eigenvalue weighted by molar-refractivity contribution is 6.09. The molecule has 130 valence electrons. The maximum atomic E-state index is 12.9. The fourth-order valence-electron chi connectivity index (χ4n) is 2.82. The zero-order valence-electron chi connectivity index (χ0n) is 13.9. The van der Waals surface area contributed by atoms with Crippen LogP contribution in [-0.4, -0.2) is 25.4 Å². The van der Waals surface area contributed by atoms with Crippen molar-refractivity contribution in [1.82, 2.24) is 5.32 Å². The molecule has 2 amide bonds. The molecule has 6 heteroatoms. The van der Waals surface area contributed by atoms with Gasteiger partial charge in [-0.2, -0.15) is 0 Å². The maximum Gasteiger partial charge on any atom is 0.239 e. The van der Waals surface area contributed by atoms with Crippen LogP contribution < -0.4 is 15.0 Å². The fraction of sp³-hybridized carbons (Fsp3) is 0.263. The Morgan fingerprint density at radius 1 is 1.20 bits per heavy atom. The van der Waals surface area contributed by atoms with Crippen LogP contribution in [0.3, 0.4) is 0 Å². The minimum atomic E-state index is -0.612. The van der Waals surface area contributed by atoms with Crippen LogP contribution in [-0.2, 0) is 16.2 Å². The first-order chi connectivity index (χ1) is 12.1. The molecule has 1 atom stereocenters. The number of nitrogens with zero attached hydrogens (tertiary/aromatic N) is 1. The Bertz CT molecular complexity index is 759. The summed E-state index contributed by atoms with van der Waals surface area (Å²) in [6, 6.07) is 13.3. The molecule has 1 N–H and O–H groups in total. The van der Waals surface area contributed by atoms with Crippen molar-refractivity contribution in [3.05, 3.63) is 59.9 Å². The number of halogens is 1. The van der Waals surface area contributed by atoms with Gasteiger partial charge in [0.25, 0.3) is 0 Å². The molecule has 1 aliphatic heterocycles. The van der Waals surface area contributed by atoms with Gasteiger partial charge >= 0.3 is 0 Å². The summed E-state index contributed by atoms with van der Waals surface area (Å²) in [4.78, 5) is 25.6. The van der Waals surface area contributed by atoms with Crippen LogP contribution in [0.15, 0.2) is 48.5 Å². The van der Waals surface area contributed by atoms with Gasteiger partial charge in [-0.25, -0.2) is 4.39 Å². The fourth-order valence-corrected chi connectivity index (χ4v) is 2.82. The van der Waals surface area contributed by atoms with Crippen LogP contribution in [0.1, 0.15) is 12.0 Å². The second-order valence-corrected chi connectivity index (χ2v) is 5.85. The third-order valence-electron chi connectivity index (χ3n) is 4.24. The van der Waals surface area contributed by atoms with Gasteiger partial charge in [0.15, 0.2) is 0 Å². The normalized spacial score (nSPS) is 16.8. The number of carbonyl (C=O) groups excluding carboxylic acids is 2. The molecule has 0 saturated carbocycles. The SMILES string of the molecule is CNC(=O)C1CCN(c2ccc(OCc3ccc(F)cc3)cc2)C1=O. The molecule has 0 bridgehead atoms. The number of anilines is 1. The first-order valence-electron chi connectivity index (χ1n) is 8.09. The predicted octanol–water partition coefficient (Wildman–Crippen LogP) is 2.50. The van der Waals surface area contributed by atoms with Gasteiger partial charge < -0.3 is 15.0 Å². The number of rotatable bonds is 5. The zero-order valence-corrected chi connectivity index (χ0v) is 13.9. The minimum Gasteiger partial charge on any atom is -0.489 e. The van der Waals surface area contributed by atoms with Crippen LogP contribution in [0.2, 0.25) is 0 Å². The molecule has 0 radical (unpaired) electrons. The van der Waals surface area contributed by atoms with Gasteiger partial charge in [0.2, 0.25) is 11.8 Å². The van der Waals surface area contributed by atoms with Crippen molar-refractivity contribution in [3.8, 4) is 5.75 Å². The lowest BCUT2D eigenvalue weighted by Gasteiger charge is -2.17. The summed E-state index contributed by atoms with van der Waals surface area (Å²) in [5, 5.41) is 2.52. The summed E-state index contributed by atoms with van der Waals surface area (Å²) in [7, 11) is 1.53. The van der Waals surface area contributed by atoms with Gasteiger partial charge in [-0.1, -0.05) is 12.1 Å². The number of nitrogens with one attached hydrogen (secondary N) is 1. The lowest BCUT2D eigenvalue weighted by molar-refractivity contribution is -0.131. The molecule has 2 aromatic rings. The zero-order chi connectivity index (χ0) is 17.8. The van der Waals surface area contributed by atoms with Crippen LogP contribution in [0.5, 0.6) is 5.75 Å². The van der Waals surface area contributed by atoms with Gasteiger partial charge in [-0.15, -0.1) is 0 Å². The Morgan fingerprint density at radius 3 is 2.52 bits per heavy atom. The Balaban J connectivity index is 1.61. The van der Waals surface area contributed by atoms with Crippen molar-refractivity contribution < 1.29 is 18.7 Å². The van der Waals surface area contributed by atoms with E-state index in [9.17, 15) is 14.0 Å². The summed E-state index contributed by atoms with van der Waals surface area (Å²) in [6.07, 6.45) is 0.515. The average molecular weight is 342 g/mol. The molecule has 1 aliphatic rings. The molecular weight excluding hydrogens is 323 g/mol. The van der Waals surface area contributed by atoms with Crippen LogP contribution in [0.4, 0.5) is 10.1 Å². The summed E-state index contributed by atoms with van der Waals surface area (Å²) < 4.78 is 18.5. The molecule has 0 spiro atoms. The van der Waals surface area contributed by atoms with Crippen molar-refractivity contribution in [1.29, 1.82) is 0 Å². The lowest BCUT2D eigenvalue weighted by Crippen LogP contribution is -2.35. The third kappa shape index (κ3) is 3.79. The van der Waals surface area contributed by atoms with Crippen molar-refractivity contribution in [2.24, 2.45) is 5.92 Å². The summed E-state index contributed by atoms with van der Waals surface area (Å²) in [5.74, 6) is -0.661. The molecule has 5 nitrogen and oxygen atoms in total. The van der Waals surface area contributed by atoms with Crippen LogP contribution in [0, 0.1) is 11.7 Å². The monoisotopic (exact) mass is 342 g/mol. The van der Waals surface area contributed by atoms with E-state index in [1.165, 1.54) is 19.2 Å². The molecule has 2 aromatic carbocycles. The Morgan fingerprint density at radius 2 is 1.88 bits per heavy atom. The van der Waals surface area contributed by atoms with Crippen molar-refractivity contribution in [2.45, 2.75) is 13.0 Å². The van der Waals surface area contributed by atoms with E-state index in [0.29, 0.717) is 25.3 Å². The standard InChI is InChI=1S/C19H19FN2O3/c1-21-18(23)17-10-11-22(19(17)24)15-6-8-16(9-7-15)25-12-13-2-4-14(20)5-3-13/h2-9,17H,10-12H2,1H3,(H,21,23). The van der Waals surface area contributed by atoms with Gasteiger partial charge in [-0.3, -0.25) is 9.59 Å². The molecule has 1 fully saturated rings. The first-order valence-corrected chi connectivity index (χ1v) is 8.09. The largest absolute Gasteiger partial charge is 0.489 e. The van der Waals surface area contributed by atoms with Crippen LogP contribution in [0.25, 0.3) is 0 Å². The van der Waals surface area contributed by atoms with Gasteiger partial charge in [0, 0.05) is 19.3 Å². The number of hydrogen-bond acceptors (Lipinski definition) is 3. The number of hydrogen-bond donors (Lipinski definition) is 1. The molecule has 3 rings (SSSR count). The quantitative estimate of drug-likeness (QED) is 0.850. The van der Waals surface area contributed by atoms with Crippen molar-refractivity contribution >= 4 is 17.5 Å². The smallest absolute Gasteiger partial charge is 0.239 e. The molecule has 0 aliphatic carbocycles. The number of amides is 2. The van der Waals surface area contributed by atoms with Gasteiger partial charge in [0.05, 0.1) is 0 Å². The minimum absolute atomic E-state index is 0.181. The van der Waals surface area contributed by atoms with E-state index < -0.39 is 5.92 Å². The van der Waals surface area contributed by atoms with E-state index in [4.69, 9.17) is 4.74 Å². The molecule has 0 aromatic heterocycles. The van der Waals surface area contributed by atoms with E-state index >= 15 is 0 Å². The average Bonchev–Trinajstić information content (AvgIpc) is 3.02. The Hall–Kier alpha value is -2.89. The van der Waals surface area contributed by atoms with Gasteiger partial charge in [-0.05, 0) is 48.4 Å². The maximum absolute atomic E-state index is 12.9. The van der Waals surface area contributed by atoms with E-state index in [1.54, 1.807) is 41.3 Å². The van der Waals surface area contributed by atoms with Crippen LogP contribution >= 0.6 is 0 Å². The Labute approximate surface area is 145 Å². The first kappa shape index (κ1) is 17.0. The second kappa shape index (κ2) is 7.34.